The van der Waals surface area contributed by atoms with Crippen molar-refractivity contribution in [2.45, 2.75) is 11.4 Å². The first-order chi connectivity index (χ1) is 10.6. The van der Waals surface area contributed by atoms with Crippen LogP contribution in [-0.4, -0.2) is 17.4 Å². The van der Waals surface area contributed by atoms with E-state index in [9.17, 15) is 8.42 Å². The number of aromatic nitrogens is 2. The molecule has 2 aromatic heterocycles. The third-order valence-electron chi connectivity index (χ3n) is 3.42. The molecule has 0 aliphatic carbocycles. The van der Waals surface area contributed by atoms with Crippen molar-refractivity contribution in [3.8, 4) is 11.3 Å². The molecule has 0 radical (unpaired) electrons. The average molecular weight is 313 g/mol. The third kappa shape index (κ3) is 2.43. The molecular formula is C16H15N3O2S. The Balaban J connectivity index is 2.18. The maximum Gasteiger partial charge on any atom is 0.269 e. The molecule has 5 nitrogen and oxygen atoms in total. The van der Waals surface area contributed by atoms with E-state index < -0.39 is 10.0 Å². The minimum absolute atomic E-state index is 0.151. The highest BCUT2D eigenvalue weighted by Crippen LogP contribution is 2.27. The first kappa shape index (κ1) is 14.5. The molecule has 2 N–H and O–H groups in total. The van der Waals surface area contributed by atoms with Crippen molar-refractivity contribution in [3.05, 3.63) is 72.7 Å². The highest BCUT2D eigenvalue weighted by atomic mass is 32.2. The lowest BCUT2D eigenvalue weighted by molar-refractivity contribution is 0.587. The molecule has 6 heteroatoms. The van der Waals surface area contributed by atoms with Gasteiger partial charge in [-0.05, 0) is 29.8 Å². The molecule has 0 saturated heterocycles. The lowest BCUT2D eigenvalue weighted by Gasteiger charge is -2.13. The Hall–Kier alpha value is -2.44. The zero-order chi connectivity index (χ0) is 15.6. The predicted molar refractivity (Wildman–Crippen MR) is 84.6 cm³/mol. The summed E-state index contributed by atoms with van der Waals surface area (Å²) in [6.45, 7) is 0.342. The molecule has 0 unspecified atom stereocenters. The summed E-state index contributed by atoms with van der Waals surface area (Å²) in [5, 5.41) is 0. The van der Waals surface area contributed by atoms with Gasteiger partial charge in [-0.1, -0.05) is 24.3 Å². The molecule has 22 heavy (non-hydrogen) atoms. The molecule has 0 atom stereocenters. The van der Waals surface area contributed by atoms with Gasteiger partial charge in [0.25, 0.3) is 10.0 Å². The molecule has 0 saturated carbocycles. The SMILES string of the molecule is NCc1ccccc1-c1cccn1S(=O)(=O)c1cccnc1. The average Bonchev–Trinajstić information content (AvgIpc) is 3.06. The molecule has 0 fully saturated rings. The van der Waals surface area contributed by atoms with Gasteiger partial charge in [-0.15, -0.1) is 0 Å². The van der Waals surface area contributed by atoms with Crippen LogP contribution in [0.4, 0.5) is 0 Å². The molecule has 1 aromatic carbocycles. The first-order valence-electron chi connectivity index (χ1n) is 6.76. The number of nitrogens with two attached hydrogens (primary N) is 1. The van der Waals surface area contributed by atoms with Gasteiger partial charge in [0.2, 0.25) is 0 Å². The summed E-state index contributed by atoms with van der Waals surface area (Å²) < 4.78 is 26.8. The van der Waals surface area contributed by atoms with Crippen molar-refractivity contribution in [1.82, 2.24) is 8.96 Å². The minimum atomic E-state index is -3.69. The Kier molecular flexibility index (Phi) is 3.79. The van der Waals surface area contributed by atoms with Crippen LogP contribution < -0.4 is 5.73 Å². The summed E-state index contributed by atoms with van der Waals surface area (Å²) in [6, 6.07) is 14.1. The lowest BCUT2D eigenvalue weighted by atomic mass is 10.1. The molecule has 2 heterocycles. The van der Waals surface area contributed by atoms with E-state index in [1.165, 1.54) is 22.4 Å². The van der Waals surface area contributed by atoms with E-state index in [1.54, 1.807) is 24.4 Å². The molecule has 112 valence electrons. The Morgan fingerprint density at radius 1 is 1.05 bits per heavy atom. The van der Waals surface area contributed by atoms with Crippen LogP contribution in [0, 0.1) is 0 Å². The molecule has 0 spiro atoms. The van der Waals surface area contributed by atoms with E-state index in [0.717, 1.165) is 11.1 Å². The van der Waals surface area contributed by atoms with E-state index in [2.05, 4.69) is 4.98 Å². The summed E-state index contributed by atoms with van der Waals surface area (Å²) in [4.78, 5) is 4.04. The lowest BCUT2D eigenvalue weighted by Crippen LogP contribution is -2.14. The zero-order valence-corrected chi connectivity index (χ0v) is 12.6. The third-order valence-corrected chi connectivity index (χ3v) is 5.09. The van der Waals surface area contributed by atoms with Gasteiger partial charge in [-0.2, -0.15) is 0 Å². The highest BCUT2D eigenvalue weighted by molar-refractivity contribution is 7.90. The van der Waals surface area contributed by atoms with E-state index >= 15 is 0 Å². The Bertz CT molecular complexity index is 887. The molecule has 3 rings (SSSR count). The van der Waals surface area contributed by atoms with Crippen LogP contribution in [0.25, 0.3) is 11.3 Å². The van der Waals surface area contributed by atoms with E-state index in [0.29, 0.717) is 12.2 Å². The molecule has 3 aromatic rings. The maximum atomic E-state index is 12.8. The fourth-order valence-electron chi connectivity index (χ4n) is 2.35. The van der Waals surface area contributed by atoms with E-state index in [-0.39, 0.29) is 4.90 Å². The fraction of sp³-hybridized carbons (Fsp3) is 0.0625. The minimum Gasteiger partial charge on any atom is -0.326 e. The van der Waals surface area contributed by atoms with Gasteiger partial charge >= 0.3 is 0 Å². The molecule has 0 bridgehead atoms. The number of pyridine rings is 1. The van der Waals surface area contributed by atoms with E-state index in [1.807, 2.05) is 24.3 Å². The van der Waals surface area contributed by atoms with Gasteiger partial charge in [0.15, 0.2) is 0 Å². The monoisotopic (exact) mass is 313 g/mol. The Morgan fingerprint density at radius 3 is 2.59 bits per heavy atom. The second-order valence-corrected chi connectivity index (χ2v) is 6.56. The summed E-state index contributed by atoms with van der Waals surface area (Å²) in [6.07, 6.45) is 4.41. The van der Waals surface area contributed by atoms with Gasteiger partial charge in [-0.25, -0.2) is 12.4 Å². The standard InChI is InChI=1S/C16H15N3O2S/c17-11-13-5-1-2-7-15(13)16-8-4-10-19(16)22(20,21)14-6-3-9-18-12-14/h1-10,12H,11,17H2. The van der Waals surface area contributed by atoms with Gasteiger partial charge in [0, 0.05) is 30.7 Å². The number of hydrogen-bond acceptors (Lipinski definition) is 4. The van der Waals surface area contributed by atoms with Crippen LogP contribution >= 0.6 is 0 Å². The smallest absolute Gasteiger partial charge is 0.269 e. The van der Waals surface area contributed by atoms with Gasteiger partial charge in [0.05, 0.1) is 5.69 Å². The topological polar surface area (TPSA) is 78.0 Å². The summed E-state index contributed by atoms with van der Waals surface area (Å²) in [7, 11) is -3.69. The second kappa shape index (κ2) is 5.75. The Labute approximate surface area is 129 Å². The molecular weight excluding hydrogens is 298 g/mol. The van der Waals surface area contributed by atoms with Crippen LogP contribution in [0.3, 0.4) is 0 Å². The van der Waals surface area contributed by atoms with Crippen LogP contribution in [0.5, 0.6) is 0 Å². The van der Waals surface area contributed by atoms with Gasteiger partial charge in [-0.3, -0.25) is 4.98 Å². The van der Waals surface area contributed by atoms with Crippen LogP contribution in [0.2, 0.25) is 0 Å². The first-order valence-corrected chi connectivity index (χ1v) is 8.20. The molecule has 0 aliphatic heterocycles. The van der Waals surface area contributed by atoms with Crippen molar-refractivity contribution in [2.24, 2.45) is 5.73 Å². The fourth-order valence-corrected chi connectivity index (χ4v) is 3.67. The second-order valence-electron chi connectivity index (χ2n) is 4.74. The van der Waals surface area contributed by atoms with Crippen molar-refractivity contribution in [3.63, 3.8) is 0 Å². The maximum absolute atomic E-state index is 12.8. The Morgan fingerprint density at radius 2 is 1.86 bits per heavy atom. The van der Waals surface area contributed by atoms with Crippen LogP contribution in [-0.2, 0) is 16.6 Å². The van der Waals surface area contributed by atoms with Crippen molar-refractivity contribution in [1.29, 1.82) is 0 Å². The zero-order valence-electron chi connectivity index (χ0n) is 11.8. The quantitative estimate of drug-likeness (QED) is 0.801. The number of hydrogen-bond donors (Lipinski definition) is 1. The molecule has 0 aliphatic rings. The summed E-state index contributed by atoms with van der Waals surface area (Å²) in [5.74, 6) is 0. The highest BCUT2D eigenvalue weighted by Gasteiger charge is 2.20. The van der Waals surface area contributed by atoms with Crippen molar-refractivity contribution in [2.75, 3.05) is 0 Å². The van der Waals surface area contributed by atoms with Crippen LogP contribution in [0.1, 0.15) is 5.56 Å². The normalized spacial score (nSPS) is 11.5. The number of benzene rings is 1. The number of rotatable bonds is 4. The van der Waals surface area contributed by atoms with Crippen molar-refractivity contribution >= 4 is 10.0 Å². The van der Waals surface area contributed by atoms with E-state index in [4.69, 9.17) is 5.73 Å². The van der Waals surface area contributed by atoms with Crippen molar-refractivity contribution < 1.29 is 8.42 Å². The predicted octanol–water partition coefficient (Wildman–Crippen LogP) is 2.25. The summed E-state index contributed by atoms with van der Waals surface area (Å²) >= 11 is 0. The van der Waals surface area contributed by atoms with Gasteiger partial charge < -0.3 is 5.73 Å². The summed E-state index contributed by atoms with van der Waals surface area (Å²) in [5.41, 5.74) is 8.05. The van der Waals surface area contributed by atoms with Crippen LogP contribution in [0.15, 0.2) is 72.0 Å². The molecule has 0 amide bonds. The largest absolute Gasteiger partial charge is 0.326 e. The van der Waals surface area contributed by atoms with Gasteiger partial charge in [0.1, 0.15) is 4.90 Å². The number of nitrogens with zero attached hydrogens (tertiary/aromatic N) is 2.